The molecule has 0 aliphatic rings. The maximum absolute atomic E-state index is 5.37. The second-order valence-corrected chi connectivity index (χ2v) is 3.34. The van der Waals surface area contributed by atoms with Crippen molar-refractivity contribution in [3.63, 3.8) is 0 Å². The number of rotatable bonds is 6. The minimum absolute atomic E-state index is 0.663. The molecule has 1 rings (SSSR count). The average molecular weight is 205 g/mol. The van der Waals surface area contributed by atoms with E-state index in [1.807, 2.05) is 19.1 Å². The lowest BCUT2D eigenvalue weighted by molar-refractivity contribution is 0.299. The Labute approximate surface area is 92.0 Å². The highest BCUT2D eigenvalue weighted by molar-refractivity contribution is 5.58. The van der Waals surface area contributed by atoms with E-state index in [4.69, 9.17) is 4.74 Å². The van der Waals surface area contributed by atoms with Crippen molar-refractivity contribution in [1.29, 1.82) is 0 Å². The SMILES string of the molecule is C=C(OCC)c1cccc(CNCC)c1. The molecule has 2 nitrogen and oxygen atoms in total. The maximum Gasteiger partial charge on any atom is 0.119 e. The normalized spacial score (nSPS) is 10.0. The Hall–Kier alpha value is -1.28. The van der Waals surface area contributed by atoms with E-state index in [1.54, 1.807) is 0 Å². The second-order valence-electron chi connectivity index (χ2n) is 3.34. The van der Waals surface area contributed by atoms with Crippen LogP contribution >= 0.6 is 0 Å². The van der Waals surface area contributed by atoms with Crippen molar-refractivity contribution in [2.24, 2.45) is 0 Å². The van der Waals surface area contributed by atoms with Crippen molar-refractivity contribution in [2.75, 3.05) is 13.2 Å². The molecule has 0 heterocycles. The Kier molecular flexibility index (Phi) is 4.91. The molecule has 82 valence electrons. The van der Waals surface area contributed by atoms with Crippen LogP contribution in [0.3, 0.4) is 0 Å². The molecule has 0 unspecified atom stereocenters. The maximum atomic E-state index is 5.37. The highest BCUT2D eigenvalue weighted by atomic mass is 16.5. The summed E-state index contributed by atoms with van der Waals surface area (Å²) >= 11 is 0. The molecule has 0 aromatic heterocycles. The molecule has 0 bridgehead atoms. The van der Waals surface area contributed by atoms with Gasteiger partial charge in [-0.2, -0.15) is 0 Å². The summed E-state index contributed by atoms with van der Waals surface area (Å²) in [5.41, 5.74) is 2.32. The van der Waals surface area contributed by atoms with E-state index in [2.05, 4.69) is 31.0 Å². The summed E-state index contributed by atoms with van der Waals surface area (Å²) in [5.74, 6) is 0.746. The number of benzene rings is 1. The lowest BCUT2D eigenvalue weighted by Crippen LogP contribution is -2.11. The van der Waals surface area contributed by atoms with Gasteiger partial charge in [0.1, 0.15) is 5.76 Å². The highest BCUT2D eigenvalue weighted by Crippen LogP contribution is 2.15. The van der Waals surface area contributed by atoms with Gasteiger partial charge in [0.05, 0.1) is 6.61 Å². The van der Waals surface area contributed by atoms with E-state index in [0.717, 1.165) is 24.4 Å². The van der Waals surface area contributed by atoms with Crippen LogP contribution in [0.4, 0.5) is 0 Å². The Balaban J connectivity index is 2.69. The van der Waals surface area contributed by atoms with Crippen LogP contribution in [0.25, 0.3) is 5.76 Å². The minimum atomic E-state index is 0.663. The van der Waals surface area contributed by atoms with Crippen molar-refractivity contribution in [1.82, 2.24) is 5.32 Å². The summed E-state index contributed by atoms with van der Waals surface area (Å²) < 4.78 is 5.37. The zero-order valence-corrected chi connectivity index (χ0v) is 9.55. The fourth-order valence-electron chi connectivity index (χ4n) is 1.38. The average Bonchev–Trinajstić information content (AvgIpc) is 2.27. The Morgan fingerprint density at radius 1 is 1.40 bits per heavy atom. The van der Waals surface area contributed by atoms with E-state index in [0.29, 0.717) is 6.61 Å². The third-order valence-electron chi connectivity index (χ3n) is 2.15. The Morgan fingerprint density at radius 2 is 2.20 bits per heavy atom. The standard InChI is InChI=1S/C13H19NO/c1-4-14-10-12-7-6-8-13(9-12)11(3)15-5-2/h6-9,14H,3-5,10H2,1-2H3. The molecule has 0 saturated carbocycles. The van der Waals surface area contributed by atoms with Gasteiger partial charge in [-0.1, -0.05) is 31.7 Å². The summed E-state index contributed by atoms with van der Waals surface area (Å²) in [7, 11) is 0. The molecule has 0 spiro atoms. The topological polar surface area (TPSA) is 21.3 Å². The van der Waals surface area contributed by atoms with E-state index < -0.39 is 0 Å². The van der Waals surface area contributed by atoms with E-state index in [-0.39, 0.29) is 0 Å². The lowest BCUT2D eigenvalue weighted by Gasteiger charge is -2.08. The van der Waals surface area contributed by atoms with Gasteiger partial charge < -0.3 is 10.1 Å². The predicted octanol–water partition coefficient (Wildman–Crippen LogP) is 2.80. The molecule has 2 heteroatoms. The van der Waals surface area contributed by atoms with Crippen molar-refractivity contribution >= 4 is 5.76 Å². The molecule has 0 saturated heterocycles. The zero-order chi connectivity index (χ0) is 11.1. The molecule has 15 heavy (non-hydrogen) atoms. The van der Waals surface area contributed by atoms with E-state index in [9.17, 15) is 0 Å². The van der Waals surface area contributed by atoms with Crippen LogP contribution in [-0.2, 0) is 11.3 Å². The minimum Gasteiger partial charge on any atom is -0.494 e. The molecule has 0 fully saturated rings. The van der Waals surface area contributed by atoms with Crippen LogP contribution < -0.4 is 5.32 Å². The van der Waals surface area contributed by atoms with Gasteiger partial charge in [0.25, 0.3) is 0 Å². The van der Waals surface area contributed by atoms with Crippen molar-refractivity contribution in [3.05, 3.63) is 42.0 Å². The first-order valence-corrected chi connectivity index (χ1v) is 5.39. The summed E-state index contributed by atoms with van der Waals surface area (Å²) in [6, 6.07) is 8.27. The van der Waals surface area contributed by atoms with Crippen molar-refractivity contribution in [3.8, 4) is 0 Å². The second kappa shape index (κ2) is 6.25. The third-order valence-corrected chi connectivity index (χ3v) is 2.15. The fourth-order valence-corrected chi connectivity index (χ4v) is 1.38. The fraction of sp³-hybridized carbons (Fsp3) is 0.385. The van der Waals surface area contributed by atoms with Crippen LogP contribution in [0.2, 0.25) is 0 Å². The predicted molar refractivity (Wildman–Crippen MR) is 64.5 cm³/mol. The quantitative estimate of drug-likeness (QED) is 0.721. The van der Waals surface area contributed by atoms with Crippen LogP contribution in [0.1, 0.15) is 25.0 Å². The van der Waals surface area contributed by atoms with Gasteiger partial charge >= 0.3 is 0 Å². The summed E-state index contributed by atoms with van der Waals surface area (Å²) in [6.07, 6.45) is 0. The Bertz CT molecular complexity index is 320. The van der Waals surface area contributed by atoms with Crippen LogP contribution in [0.5, 0.6) is 0 Å². The van der Waals surface area contributed by atoms with Gasteiger partial charge in [0, 0.05) is 12.1 Å². The van der Waals surface area contributed by atoms with Crippen molar-refractivity contribution < 1.29 is 4.74 Å². The van der Waals surface area contributed by atoms with Crippen LogP contribution in [0.15, 0.2) is 30.8 Å². The molecule has 0 amide bonds. The molecule has 1 aromatic rings. The highest BCUT2D eigenvalue weighted by Gasteiger charge is 2.00. The van der Waals surface area contributed by atoms with Gasteiger partial charge in [0.15, 0.2) is 0 Å². The number of hydrogen-bond acceptors (Lipinski definition) is 2. The van der Waals surface area contributed by atoms with Gasteiger partial charge in [-0.05, 0) is 25.1 Å². The molecule has 1 N–H and O–H groups in total. The van der Waals surface area contributed by atoms with Crippen LogP contribution in [-0.4, -0.2) is 13.2 Å². The largest absolute Gasteiger partial charge is 0.494 e. The Morgan fingerprint density at radius 3 is 2.87 bits per heavy atom. The van der Waals surface area contributed by atoms with Gasteiger partial charge in [-0.25, -0.2) is 0 Å². The molecular formula is C13H19NO. The van der Waals surface area contributed by atoms with E-state index in [1.165, 1.54) is 5.56 Å². The first-order valence-electron chi connectivity index (χ1n) is 5.39. The molecule has 0 atom stereocenters. The first kappa shape index (κ1) is 11.8. The molecule has 0 aliphatic carbocycles. The number of nitrogens with one attached hydrogen (secondary N) is 1. The third kappa shape index (κ3) is 3.76. The zero-order valence-electron chi connectivity index (χ0n) is 9.55. The summed E-state index contributed by atoms with van der Waals surface area (Å²) in [5, 5.41) is 3.29. The van der Waals surface area contributed by atoms with Crippen LogP contribution in [0, 0.1) is 0 Å². The smallest absolute Gasteiger partial charge is 0.119 e. The molecular weight excluding hydrogens is 186 g/mol. The van der Waals surface area contributed by atoms with E-state index >= 15 is 0 Å². The summed E-state index contributed by atoms with van der Waals surface area (Å²) in [6.45, 7) is 10.5. The van der Waals surface area contributed by atoms with Crippen molar-refractivity contribution in [2.45, 2.75) is 20.4 Å². The molecule has 1 aromatic carbocycles. The van der Waals surface area contributed by atoms with Gasteiger partial charge in [-0.15, -0.1) is 0 Å². The lowest BCUT2D eigenvalue weighted by atomic mass is 10.1. The molecule has 0 aliphatic heterocycles. The van der Waals surface area contributed by atoms with Gasteiger partial charge in [0.2, 0.25) is 0 Å². The first-order chi connectivity index (χ1) is 7.27. The summed E-state index contributed by atoms with van der Waals surface area (Å²) in [4.78, 5) is 0. The molecule has 0 radical (unpaired) electrons. The van der Waals surface area contributed by atoms with Gasteiger partial charge in [-0.3, -0.25) is 0 Å². The number of ether oxygens (including phenoxy) is 1. The monoisotopic (exact) mass is 205 g/mol. The number of hydrogen-bond donors (Lipinski definition) is 1.